The molecule has 0 spiro atoms. The quantitative estimate of drug-likeness (QED) is 0.281. The zero-order valence-corrected chi connectivity index (χ0v) is 20.9. The number of rotatable bonds is 9. The molecule has 3 aromatic rings. The number of aryl methyl sites for hydroxylation is 1. The summed E-state index contributed by atoms with van der Waals surface area (Å²) in [6.45, 7) is 12.1. The number of methoxy groups -OCH3 is 1. The van der Waals surface area contributed by atoms with Gasteiger partial charge in [0.2, 0.25) is 0 Å². The van der Waals surface area contributed by atoms with E-state index in [9.17, 15) is 9.59 Å². The van der Waals surface area contributed by atoms with Crippen molar-refractivity contribution in [2.75, 3.05) is 13.7 Å². The summed E-state index contributed by atoms with van der Waals surface area (Å²) in [6.07, 6.45) is 0.827. The lowest BCUT2D eigenvalue weighted by Crippen LogP contribution is -2.33. The van der Waals surface area contributed by atoms with E-state index in [0.717, 1.165) is 27.7 Å². The third-order valence-electron chi connectivity index (χ3n) is 5.85. The number of hydrogen-bond acceptors (Lipinski definition) is 5. The zero-order valence-electron chi connectivity index (χ0n) is 20.2. The highest BCUT2D eigenvalue weighted by molar-refractivity contribution is 6.31. The van der Waals surface area contributed by atoms with Gasteiger partial charge in [0.25, 0.3) is 0 Å². The van der Waals surface area contributed by atoms with Gasteiger partial charge in [0.15, 0.2) is 6.10 Å². The van der Waals surface area contributed by atoms with Gasteiger partial charge in [-0.05, 0) is 61.4 Å². The van der Waals surface area contributed by atoms with E-state index in [2.05, 4.69) is 11.1 Å². The summed E-state index contributed by atoms with van der Waals surface area (Å²) in [4.78, 5) is 24.4. The van der Waals surface area contributed by atoms with Crippen molar-refractivity contribution in [1.82, 2.24) is 4.57 Å². The number of nitrogens with zero attached hydrogens (tertiary/aromatic N) is 1. The van der Waals surface area contributed by atoms with E-state index in [1.807, 2.05) is 45.9 Å². The third kappa shape index (κ3) is 5.28. The molecular formula is C27H30ClNO5. The largest absolute Gasteiger partial charge is 0.478 e. The van der Waals surface area contributed by atoms with Crippen LogP contribution in [-0.2, 0) is 20.8 Å². The number of carbonyl (C=O) groups is 2. The summed E-state index contributed by atoms with van der Waals surface area (Å²) in [7, 11) is 1.35. The Morgan fingerprint density at radius 2 is 1.88 bits per heavy atom. The van der Waals surface area contributed by atoms with Crippen molar-refractivity contribution in [2.45, 2.75) is 40.3 Å². The van der Waals surface area contributed by atoms with Gasteiger partial charge < -0.3 is 18.8 Å². The Bertz CT molecular complexity index is 1230. The summed E-state index contributed by atoms with van der Waals surface area (Å²) in [5.41, 5.74) is 4.45. The van der Waals surface area contributed by atoms with Gasteiger partial charge in [-0.15, -0.1) is 0 Å². The van der Waals surface area contributed by atoms with Gasteiger partial charge in [0.05, 0.1) is 12.7 Å². The van der Waals surface area contributed by atoms with Gasteiger partial charge >= 0.3 is 11.9 Å². The number of hydrogen-bond donors (Lipinski definition) is 0. The molecule has 6 nitrogen and oxygen atoms in total. The number of aromatic nitrogens is 1. The number of fused-ring (bicyclic) bond motifs is 1. The molecule has 0 aliphatic rings. The van der Waals surface area contributed by atoms with Gasteiger partial charge in [-0.2, -0.15) is 0 Å². The van der Waals surface area contributed by atoms with Crippen LogP contribution in [0.3, 0.4) is 0 Å². The zero-order chi connectivity index (χ0) is 25.0. The highest BCUT2D eigenvalue weighted by atomic mass is 35.5. The molecule has 0 amide bonds. The Kier molecular flexibility index (Phi) is 8.05. The predicted molar refractivity (Wildman–Crippen MR) is 134 cm³/mol. The van der Waals surface area contributed by atoms with Crippen LogP contribution >= 0.6 is 11.6 Å². The molecule has 0 aliphatic heterocycles. The lowest BCUT2D eigenvalue weighted by molar-refractivity contribution is -0.150. The molecule has 0 saturated carbocycles. The van der Waals surface area contributed by atoms with Crippen LogP contribution in [0.2, 0.25) is 5.02 Å². The maximum atomic E-state index is 12.3. The van der Waals surface area contributed by atoms with Crippen LogP contribution in [-0.4, -0.2) is 36.3 Å². The van der Waals surface area contributed by atoms with Crippen molar-refractivity contribution >= 4 is 34.4 Å². The fraction of sp³-hybridized carbons (Fsp3) is 0.333. The molecule has 1 aromatic heterocycles. The van der Waals surface area contributed by atoms with E-state index in [1.165, 1.54) is 7.11 Å². The van der Waals surface area contributed by atoms with Crippen LogP contribution in [0.15, 0.2) is 49.1 Å². The first-order valence-electron chi connectivity index (χ1n) is 11.1. The minimum atomic E-state index is -0.713. The first kappa shape index (κ1) is 25.4. The number of benzene rings is 2. The van der Waals surface area contributed by atoms with Crippen LogP contribution in [0.5, 0.6) is 5.75 Å². The Labute approximate surface area is 205 Å². The highest BCUT2D eigenvalue weighted by Gasteiger charge is 2.25. The number of halogens is 1. The van der Waals surface area contributed by atoms with Crippen molar-refractivity contribution in [1.29, 1.82) is 0 Å². The van der Waals surface area contributed by atoms with Gasteiger partial charge in [-0.3, -0.25) is 0 Å². The van der Waals surface area contributed by atoms with E-state index < -0.39 is 12.1 Å². The van der Waals surface area contributed by atoms with Crippen LogP contribution < -0.4 is 4.74 Å². The Balaban J connectivity index is 1.95. The molecule has 0 radical (unpaired) electrons. The van der Waals surface area contributed by atoms with Gasteiger partial charge in [-0.25, -0.2) is 9.59 Å². The number of ether oxygens (including phenoxy) is 3. The standard InChI is InChI=1S/C27H30ClNO5/c1-7-12-33-26(30)19-8-11-24-22(14-19)17(4)18(5)29(24)15-20-13-21(9-10-23(20)28)34-25(16(2)3)27(31)32-6/h7-11,13-14,16,25H,1,12,15H2,2-6H3/t25-/m1/s1. The van der Waals surface area contributed by atoms with E-state index in [1.54, 1.807) is 24.3 Å². The average molecular weight is 484 g/mol. The minimum Gasteiger partial charge on any atom is -0.478 e. The van der Waals surface area contributed by atoms with Crippen LogP contribution in [0.4, 0.5) is 0 Å². The van der Waals surface area contributed by atoms with Gasteiger partial charge in [-0.1, -0.05) is 38.1 Å². The molecule has 180 valence electrons. The number of carbonyl (C=O) groups excluding carboxylic acids is 2. The summed E-state index contributed by atoms with van der Waals surface area (Å²) < 4.78 is 18.2. The van der Waals surface area contributed by atoms with Crippen molar-refractivity contribution in [3.8, 4) is 5.75 Å². The molecule has 0 unspecified atom stereocenters. The number of esters is 2. The Morgan fingerprint density at radius 3 is 2.53 bits per heavy atom. The summed E-state index contributed by atoms with van der Waals surface area (Å²) >= 11 is 6.53. The van der Waals surface area contributed by atoms with Crippen molar-refractivity contribution in [3.05, 3.63) is 76.5 Å². The van der Waals surface area contributed by atoms with Gasteiger partial charge in [0, 0.05) is 34.1 Å². The normalized spacial score (nSPS) is 12.0. The van der Waals surface area contributed by atoms with Crippen LogP contribution in [0.25, 0.3) is 10.9 Å². The van der Waals surface area contributed by atoms with Crippen molar-refractivity contribution in [3.63, 3.8) is 0 Å². The molecular weight excluding hydrogens is 454 g/mol. The summed E-state index contributed by atoms with van der Waals surface area (Å²) in [5.74, 6) is -0.319. The fourth-order valence-electron chi connectivity index (χ4n) is 3.83. The molecule has 1 heterocycles. The predicted octanol–water partition coefficient (Wildman–Crippen LogP) is 5.88. The molecule has 3 rings (SSSR count). The molecule has 34 heavy (non-hydrogen) atoms. The molecule has 0 aliphatic carbocycles. The summed E-state index contributed by atoms with van der Waals surface area (Å²) in [6, 6.07) is 10.9. The Morgan fingerprint density at radius 1 is 1.15 bits per heavy atom. The molecule has 0 saturated heterocycles. The van der Waals surface area contributed by atoms with Crippen LogP contribution in [0.1, 0.15) is 41.0 Å². The monoisotopic (exact) mass is 483 g/mol. The van der Waals surface area contributed by atoms with E-state index in [0.29, 0.717) is 22.9 Å². The van der Waals surface area contributed by atoms with Gasteiger partial charge in [0.1, 0.15) is 12.4 Å². The molecule has 0 N–H and O–H groups in total. The lowest BCUT2D eigenvalue weighted by Gasteiger charge is -2.21. The van der Waals surface area contributed by atoms with Crippen molar-refractivity contribution in [2.24, 2.45) is 5.92 Å². The minimum absolute atomic E-state index is 0.0581. The maximum Gasteiger partial charge on any atom is 0.347 e. The third-order valence-corrected chi connectivity index (χ3v) is 6.22. The smallest absolute Gasteiger partial charge is 0.347 e. The van der Waals surface area contributed by atoms with Crippen LogP contribution in [0, 0.1) is 19.8 Å². The molecule has 7 heteroatoms. The first-order chi connectivity index (χ1) is 16.2. The SMILES string of the molecule is C=CCOC(=O)c1ccc2c(c1)c(C)c(C)n2Cc1cc(O[C@@H](C(=O)OC)C(C)C)ccc1Cl. The second kappa shape index (κ2) is 10.8. The van der Waals surface area contributed by atoms with E-state index >= 15 is 0 Å². The molecule has 1 atom stereocenters. The lowest BCUT2D eigenvalue weighted by atomic mass is 10.1. The molecule has 2 aromatic carbocycles. The average Bonchev–Trinajstić information content (AvgIpc) is 3.06. The topological polar surface area (TPSA) is 66.8 Å². The van der Waals surface area contributed by atoms with Crippen molar-refractivity contribution < 1.29 is 23.8 Å². The second-order valence-corrected chi connectivity index (χ2v) is 8.88. The highest BCUT2D eigenvalue weighted by Crippen LogP contribution is 2.30. The molecule has 0 bridgehead atoms. The maximum absolute atomic E-state index is 12.3. The first-order valence-corrected chi connectivity index (χ1v) is 11.5. The fourth-order valence-corrected chi connectivity index (χ4v) is 4.01. The van der Waals surface area contributed by atoms with E-state index in [-0.39, 0.29) is 18.5 Å². The Hall–Kier alpha value is -3.25. The van der Waals surface area contributed by atoms with E-state index in [4.69, 9.17) is 25.8 Å². The second-order valence-electron chi connectivity index (χ2n) is 8.47. The molecule has 0 fully saturated rings. The summed E-state index contributed by atoms with van der Waals surface area (Å²) in [5, 5.41) is 1.56.